The second-order valence-electron chi connectivity index (χ2n) is 6.90. The van der Waals surface area contributed by atoms with Gasteiger partial charge in [-0.25, -0.2) is 14.5 Å². The highest BCUT2D eigenvalue weighted by molar-refractivity contribution is 7.20. The molecule has 0 saturated carbocycles. The normalized spacial score (nSPS) is 12.3. The summed E-state index contributed by atoms with van der Waals surface area (Å²) in [4.78, 5) is 35.0. The van der Waals surface area contributed by atoms with Gasteiger partial charge < -0.3 is 9.64 Å². The van der Waals surface area contributed by atoms with Crippen LogP contribution in [0.5, 0.6) is 5.75 Å². The third-order valence-corrected chi connectivity index (χ3v) is 5.80. The summed E-state index contributed by atoms with van der Waals surface area (Å²) in [6, 6.07) is 6.15. The van der Waals surface area contributed by atoms with Gasteiger partial charge in [-0.1, -0.05) is 12.1 Å². The average Bonchev–Trinajstić information content (AvgIpc) is 3.28. The molecule has 4 aromatic rings. The van der Waals surface area contributed by atoms with Crippen LogP contribution in [0.1, 0.15) is 34.1 Å². The summed E-state index contributed by atoms with van der Waals surface area (Å²) in [6.45, 7) is 3.58. The van der Waals surface area contributed by atoms with Crippen LogP contribution >= 0.6 is 11.3 Å². The summed E-state index contributed by atoms with van der Waals surface area (Å²) in [7, 11) is 3.40. The molecule has 1 aromatic carbocycles. The second kappa shape index (κ2) is 7.34. The van der Waals surface area contributed by atoms with Crippen molar-refractivity contribution in [3.05, 3.63) is 57.0 Å². The van der Waals surface area contributed by atoms with Crippen LogP contribution in [0.3, 0.4) is 0 Å². The van der Waals surface area contributed by atoms with Gasteiger partial charge in [0.05, 0.1) is 15.2 Å². The Balaban J connectivity index is 1.76. The Kier molecular flexibility index (Phi) is 4.82. The fraction of sp³-hybridized carbons (Fsp3) is 0.263. The molecule has 10 nitrogen and oxygen atoms in total. The molecule has 0 aliphatic heterocycles. The van der Waals surface area contributed by atoms with E-state index in [1.165, 1.54) is 39.2 Å². The van der Waals surface area contributed by atoms with E-state index in [1.807, 2.05) is 6.92 Å². The molecule has 0 N–H and O–H groups in total. The van der Waals surface area contributed by atoms with Crippen molar-refractivity contribution in [2.45, 2.75) is 20.0 Å². The monoisotopic (exact) mass is 426 g/mol. The molecule has 30 heavy (non-hydrogen) atoms. The van der Waals surface area contributed by atoms with Gasteiger partial charge in [0.25, 0.3) is 5.91 Å². The number of carbonyl (C=O) groups is 1. The zero-order valence-corrected chi connectivity index (χ0v) is 17.5. The number of para-hydroxylation sites is 2. The lowest BCUT2D eigenvalue weighted by Gasteiger charge is -2.11. The van der Waals surface area contributed by atoms with Gasteiger partial charge in [-0.3, -0.25) is 14.9 Å². The van der Waals surface area contributed by atoms with E-state index in [-0.39, 0.29) is 17.3 Å². The van der Waals surface area contributed by atoms with Crippen molar-refractivity contribution >= 4 is 38.8 Å². The van der Waals surface area contributed by atoms with E-state index in [0.29, 0.717) is 21.2 Å². The van der Waals surface area contributed by atoms with E-state index in [4.69, 9.17) is 4.74 Å². The third-order valence-electron chi connectivity index (χ3n) is 4.61. The van der Waals surface area contributed by atoms with Crippen molar-refractivity contribution in [2.75, 3.05) is 14.1 Å². The topological polar surface area (TPSA) is 116 Å². The van der Waals surface area contributed by atoms with E-state index in [2.05, 4.69) is 15.1 Å². The van der Waals surface area contributed by atoms with Crippen LogP contribution in [-0.4, -0.2) is 49.4 Å². The number of aromatic nitrogens is 4. The molecule has 0 aliphatic rings. The molecule has 1 atom stereocenters. The minimum atomic E-state index is -0.636. The number of nitro groups is 1. The molecular formula is C19H18N6O4S. The zero-order chi connectivity index (χ0) is 21.6. The van der Waals surface area contributed by atoms with Crippen molar-refractivity contribution in [1.29, 1.82) is 0 Å². The van der Waals surface area contributed by atoms with Gasteiger partial charge in [-0.15, -0.1) is 16.4 Å². The van der Waals surface area contributed by atoms with Crippen LogP contribution in [0, 0.1) is 17.0 Å². The van der Waals surface area contributed by atoms with E-state index in [1.54, 1.807) is 33.2 Å². The molecule has 3 heterocycles. The quantitative estimate of drug-likeness (QED) is 0.355. The number of benzene rings is 1. The van der Waals surface area contributed by atoms with E-state index >= 15 is 0 Å². The predicted molar refractivity (Wildman–Crippen MR) is 111 cm³/mol. The maximum atomic E-state index is 12.5. The number of nitro benzene ring substituents is 1. The fourth-order valence-electron chi connectivity index (χ4n) is 3.08. The lowest BCUT2D eigenvalue weighted by Crippen LogP contribution is -2.21. The Morgan fingerprint density at radius 2 is 2.07 bits per heavy atom. The van der Waals surface area contributed by atoms with E-state index in [9.17, 15) is 14.9 Å². The average molecular weight is 426 g/mol. The van der Waals surface area contributed by atoms with Gasteiger partial charge in [-0.2, -0.15) is 0 Å². The molecular weight excluding hydrogens is 408 g/mol. The van der Waals surface area contributed by atoms with Gasteiger partial charge in [-0.05, 0) is 25.5 Å². The molecule has 0 aliphatic carbocycles. The number of rotatable bonds is 5. The highest BCUT2D eigenvalue weighted by Gasteiger charge is 2.24. The minimum Gasteiger partial charge on any atom is -0.476 e. The van der Waals surface area contributed by atoms with Gasteiger partial charge in [0, 0.05) is 20.2 Å². The Hall–Kier alpha value is -3.60. The second-order valence-corrected chi connectivity index (χ2v) is 7.90. The number of carbonyl (C=O) groups excluding carboxylic acids is 1. The molecule has 154 valence electrons. The van der Waals surface area contributed by atoms with Gasteiger partial charge >= 0.3 is 5.69 Å². The Morgan fingerprint density at radius 1 is 1.33 bits per heavy atom. The summed E-state index contributed by atoms with van der Waals surface area (Å²) < 4.78 is 7.31. The first kappa shape index (κ1) is 19.7. The van der Waals surface area contributed by atoms with Crippen LogP contribution in [-0.2, 0) is 0 Å². The maximum Gasteiger partial charge on any atom is 0.310 e. The smallest absolute Gasteiger partial charge is 0.310 e. The largest absolute Gasteiger partial charge is 0.476 e. The molecule has 1 amide bonds. The number of nitrogens with zero attached hydrogens (tertiary/aromatic N) is 6. The van der Waals surface area contributed by atoms with Crippen molar-refractivity contribution < 1.29 is 14.5 Å². The number of aryl methyl sites for hydroxylation is 1. The lowest BCUT2D eigenvalue weighted by molar-refractivity contribution is -0.386. The van der Waals surface area contributed by atoms with E-state index < -0.39 is 11.0 Å². The Morgan fingerprint density at radius 3 is 2.77 bits per heavy atom. The first-order valence-corrected chi connectivity index (χ1v) is 9.85. The molecule has 0 bridgehead atoms. The summed E-state index contributed by atoms with van der Waals surface area (Å²) in [5.74, 6) is 0.401. The predicted octanol–water partition coefficient (Wildman–Crippen LogP) is 3.40. The maximum absolute atomic E-state index is 12.5. The molecule has 0 saturated heterocycles. The lowest BCUT2D eigenvalue weighted by atomic mass is 10.2. The fourth-order valence-corrected chi connectivity index (χ4v) is 4.25. The van der Waals surface area contributed by atoms with Crippen LogP contribution in [0.25, 0.3) is 15.9 Å². The number of hydrogen-bond acceptors (Lipinski definition) is 8. The zero-order valence-electron chi connectivity index (χ0n) is 16.7. The number of fused-ring (bicyclic) bond motifs is 3. The van der Waals surface area contributed by atoms with Crippen LogP contribution in [0.15, 0.2) is 30.6 Å². The van der Waals surface area contributed by atoms with Crippen LogP contribution < -0.4 is 4.74 Å². The van der Waals surface area contributed by atoms with Crippen molar-refractivity contribution in [2.24, 2.45) is 0 Å². The minimum absolute atomic E-state index is 0.0959. The Bertz CT molecular complexity index is 1300. The van der Waals surface area contributed by atoms with Gasteiger partial charge in [0.15, 0.2) is 23.3 Å². The number of amides is 1. The molecule has 0 spiro atoms. The third kappa shape index (κ3) is 3.22. The van der Waals surface area contributed by atoms with Crippen LogP contribution in [0.4, 0.5) is 5.69 Å². The first-order chi connectivity index (χ1) is 14.3. The molecule has 4 rings (SSSR count). The standard InChI is InChI=1S/C19H18N6O4S/c1-10-14-17-21-16(11(2)29-13-8-6-5-7-12(13)25(27)28)22-24(17)9-20-18(14)30-15(10)19(26)23(3)4/h5-9,11H,1-4H3/t11-/m1/s1. The number of hydrogen-bond donors (Lipinski definition) is 0. The Labute approximate surface area is 174 Å². The summed E-state index contributed by atoms with van der Waals surface area (Å²) in [5, 5.41) is 16.4. The summed E-state index contributed by atoms with van der Waals surface area (Å²) >= 11 is 1.31. The van der Waals surface area contributed by atoms with Gasteiger partial charge in [0.1, 0.15) is 11.2 Å². The molecule has 3 aromatic heterocycles. The van der Waals surface area contributed by atoms with Crippen molar-refractivity contribution in [3.8, 4) is 5.75 Å². The van der Waals surface area contributed by atoms with Crippen molar-refractivity contribution in [3.63, 3.8) is 0 Å². The summed E-state index contributed by atoms with van der Waals surface area (Å²) in [5.41, 5.74) is 1.22. The SMILES string of the molecule is Cc1c(C(=O)N(C)C)sc2ncn3nc([C@@H](C)Oc4ccccc4[N+](=O)[O-])nc3c12. The van der Waals surface area contributed by atoms with Crippen LogP contribution in [0.2, 0.25) is 0 Å². The highest BCUT2D eigenvalue weighted by atomic mass is 32.1. The molecule has 0 fully saturated rings. The molecule has 11 heteroatoms. The summed E-state index contributed by atoms with van der Waals surface area (Å²) in [6.07, 6.45) is 0.897. The van der Waals surface area contributed by atoms with E-state index in [0.717, 1.165) is 10.9 Å². The molecule has 0 radical (unpaired) electrons. The van der Waals surface area contributed by atoms with Crippen molar-refractivity contribution in [1.82, 2.24) is 24.5 Å². The first-order valence-electron chi connectivity index (χ1n) is 9.04. The van der Waals surface area contributed by atoms with Gasteiger partial charge in [0.2, 0.25) is 0 Å². The number of ether oxygens (including phenoxy) is 1. The molecule has 0 unspecified atom stereocenters. The highest BCUT2D eigenvalue weighted by Crippen LogP contribution is 2.33. The number of thiophene rings is 1.